The number of hydrogen-bond donors (Lipinski definition) is 0. The van der Waals surface area contributed by atoms with E-state index >= 15 is 0 Å². The Morgan fingerprint density at radius 3 is 2.11 bits per heavy atom. The van der Waals surface area contributed by atoms with E-state index in [4.69, 9.17) is 4.74 Å². The summed E-state index contributed by atoms with van der Waals surface area (Å²) in [6.07, 6.45) is 5.12. The number of hydrogen-bond acceptors (Lipinski definition) is 2. The van der Waals surface area contributed by atoms with Gasteiger partial charge in [-0.3, -0.25) is 0 Å². The Kier molecular flexibility index (Phi) is 7.93. The number of thioether (sulfide) groups is 1. The molecule has 1 aromatic rings. The van der Waals surface area contributed by atoms with Crippen molar-refractivity contribution in [2.24, 2.45) is 5.41 Å². The number of alkyl halides is 1. The molecule has 108 valence electrons. The van der Waals surface area contributed by atoms with Gasteiger partial charge in [0.1, 0.15) is 5.75 Å². The molecule has 0 aliphatic heterocycles. The smallest absolute Gasteiger partial charge is 0.118 e. The van der Waals surface area contributed by atoms with E-state index in [-0.39, 0.29) is 0 Å². The van der Waals surface area contributed by atoms with Crippen LogP contribution in [0.3, 0.4) is 0 Å². The van der Waals surface area contributed by atoms with Gasteiger partial charge in [-0.25, -0.2) is 0 Å². The molecule has 0 spiro atoms. The monoisotopic (exact) mass is 344 g/mol. The van der Waals surface area contributed by atoms with Gasteiger partial charge in [0.25, 0.3) is 0 Å². The Balaban J connectivity index is 2.63. The van der Waals surface area contributed by atoms with Crippen LogP contribution < -0.4 is 4.74 Å². The third kappa shape index (κ3) is 5.39. The zero-order valence-electron chi connectivity index (χ0n) is 12.2. The number of methoxy groups -OCH3 is 1. The third-order valence-electron chi connectivity index (χ3n) is 3.45. The lowest BCUT2D eigenvalue weighted by Crippen LogP contribution is -2.25. The Labute approximate surface area is 130 Å². The summed E-state index contributed by atoms with van der Waals surface area (Å²) in [5.74, 6) is 2.12. The summed E-state index contributed by atoms with van der Waals surface area (Å²) < 4.78 is 5.20. The van der Waals surface area contributed by atoms with E-state index in [9.17, 15) is 0 Å². The minimum Gasteiger partial charge on any atom is -0.497 e. The van der Waals surface area contributed by atoms with Crippen LogP contribution in [0.4, 0.5) is 0 Å². The first-order chi connectivity index (χ1) is 9.19. The van der Waals surface area contributed by atoms with Crippen LogP contribution in [0.15, 0.2) is 29.2 Å². The largest absolute Gasteiger partial charge is 0.497 e. The van der Waals surface area contributed by atoms with Gasteiger partial charge in [0.2, 0.25) is 0 Å². The lowest BCUT2D eigenvalue weighted by molar-refractivity contribution is 0.320. The highest BCUT2D eigenvalue weighted by Gasteiger charge is 2.27. The quantitative estimate of drug-likeness (QED) is 0.415. The molecule has 19 heavy (non-hydrogen) atoms. The summed E-state index contributed by atoms with van der Waals surface area (Å²) in [6, 6.07) is 8.39. The lowest BCUT2D eigenvalue weighted by atomic mass is 9.83. The summed E-state index contributed by atoms with van der Waals surface area (Å²) in [5, 5.41) is 1.10. The SMILES string of the molecule is CCCC(CBr)(CCC)CSc1ccc(OC)cc1. The van der Waals surface area contributed by atoms with Gasteiger partial charge in [0.05, 0.1) is 7.11 Å². The molecule has 1 aromatic carbocycles. The maximum absolute atomic E-state index is 5.20. The van der Waals surface area contributed by atoms with Crippen LogP contribution in [-0.2, 0) is 0 Å². The Bertz CT molecular complexity index is 344. The Morgan fingerprint density at radius 2 is 1.68 bits per heavy atom. The summed E-state index contributed by atoms with van der Waals surface area (Å²) in [4.78, 5) is 1.33. The fourth-order valence-electron chi connectivity index (χ4n) is 2.41. The van der Waals surface area contributed by atoms with Gasteiger partial charge < -0.3 is 4.74 Å². The minimum atomic E-state index is 0.439. The van der Waals surface area contributed by atoms with Crippen molar-refractivity contribution in [2.75, 3.05) is 18.2 Å². The normalized spacial score (nSPS) is 11.6. The van der Waals surface area contributed by atoms with Crippen LogP contribution in [-0.4, -0.2) is 18.2 Å². The molecule has 0 unspecified atom stereocenters. The van der Waals surface area contributed by atoms with Crippen LogP contribution >= 0.6 is 27.7 Å². The van der Waals surface area contributed by atoms with Crippen LogP contribution in [0.5, 0.6) is 5.75 Å². The third-order valence-corrected chi connectivity index (χ3v) is 6.00. The van der Waals surface area contributed by atoms with Crippen LogP contribution in [0.1, 0.15) is 39.5 Å². The molecule has 0 N–H and O–H groups in total. The molecule has 0 heterocycles. The van der Waals surface area contributed by atoms with E-state index in [1.54, 1.807) is 7.11 Å². The summed E-state index contributed by atoms with van der Waals surface area (Å²) in [6.45, 7) is 4.57. The van der Waals surface area contributed by atoms with Gasteiger partial charge in [-0.2, -0.15) is 0 Å². The highest BCUT2D eigenvalue weighted by molar-refractivity contribution is 9.09. The average Bonchev–Trinajstić information content (AvgIpc) is 2.46. The van der Waals surface area contributed by atoms with Crippen LogP contribution in [0.25, 0.3) is 0 Å². The van der Waals surface area contributed by atoms with E-state index in [1.807, 2.05) is 23.9 Å². The molecule has 0 amide bonds. The van der Waals surface area contributed by atoms with Crippen molar-refractivity contribution >= 4 is 27.7 Å². The number of ether oxygens (including phenoxy) is 1. The maximum Gasteiger partial charge on any atom is 0.118 e. The Hall–Kier alpha value is -0.150. The fourth-order valence-corrected chi connectivity index (χ4v) is 4.62. The van der Waals surface area contributed by atoms with Gasteiger partial charge >= 0.3 is 0 Å². The molecule has 0 atom stereocenters. The van der Waals surface area contributed by atoms with Crippen LogP contribution in [0, 0.1) is 5.41 Å². The predicted molar refractivity (Wildman–Crippen MR) is 89.8 cm³/mol. The molecule has 0 saturated carbocycles. The van der Waals surface area contributed by atoms with Gasteiger partial charge in [0, 0.05) is 16.0 Å². The van der Waals surface area contributed by atoms with Crippen molar-refractivity contribution in [1.82, 2.24) is 0 Å². The molecule has 1 rings (SSSR count). The van der Waals surface area contributed by atoms with Gasteiger partial charge in [-0.05, 0) is 42.5 Å². The minimum absolute atomic E-state index is 0.439. The fraction of sp³-hybridized carbons (Fsp3) is 0.625. The van der Waals surface area contributed by atoms with Crippen molar-refractivity contribution in [1.29, 1.82) is 0 Å². The molecule has 0 fully saturated rings. The molecule has 0 saturated heterocycles. The van der Waals surface area contributed by atoms with E-state index in [0.29, 0.717) is 5.41 Å². The number of rotatable bonds is 9. The number of halogens is 1. The molecule has 1 nitrogen and oxygen atoms in total. The average molecular weight is 345 g/mol. The zero-order valence-corrected chi connectivity index (χ0v) is 14.6. The maximum atomic E-state index is 5.20. The predicted octanol–water partition coefficient (Wildman–Crippen LogP) is 5.77. The highest BCUT2D eigenvalue weighted by Crippen LogP contribution is 2.38. The summed E-state index contributed by atoms with van der Waals surface area (Å²) in [5.41, 5.74) is 0.439. The van der Waals surface area contributed by atoms with E-state index < -0.39 is 0 Å². The van der Waals surface area contributed by atoms with Crippen molar-refractivity contribution < 1.29 is 4.74 Å². The molecule has 0 aliphatic rings. The highest BCUT2D eigenvalue weighted by atomic mass is 79.9. The molecule has 0 radical (unpaired) electrons. The van der Waals surface area contributed by atoms with E-state index in [1.165, 1.54) is 36.3 Å². The van der Waals surface area contributed by atoms with E-state index in [2.05, 4.69) is 41.9 Å². The first kappa shape index (κ1) is 16.9. The Morgan fingerprint density at radius 1 is 1.11 bits per heavy atom. The first-order valence-corrected chi connectivity index (χ1v) is 9.13. The second kappa shape index (κ2) is 8.91. The second-order valence-electron chi connectivity index (χ2n) is 5.10. The van der Waals surface area contributed by atoms with E-state index in [0.717, 1.165) is 11.1 Å². The van der Waals surface area contributed by atoms with Gasteiger partial charge in [-0.1, -0.05) is 42.6 Å². The summed E-state index contributed by atoms with van der Waals surface area (Å²) in [7, 11) is 1.71. The zero-order chi connectivity index (χ0) is 14.1. The molecule has 0 bridgehead atoms. The first-order valence-electron chi connectivity index (χ1n) is 7.02. The van der Waals surface area contributed by atoms with Crippen molar-refractivity contribution in [3.05, 3.63) is 24.3 Å². The van der Waals surface area contributed by atoms with Crippen molar-refractivity contribution in [3.8, 4) is 5.75 Å². The molecule has 3 heteroatoms. The molecular weight excluding hydrogens is 320 g/mol. The van der Waals surface area contributed by atoms with Gasteiger partial charge in [-0.15, -0.1) is 11.8 Å². The number of benzene rings is 1. The lowest BCUT2D eigenvalue weighted by Gasteiger charge is -2.31. The van der Waals surface area contributed by atoms with Crippen molar-refractivity contribution in [2.45, 2.75) is 44.4 Å². The van der Waals surface area contributed by atoms with Crippen LogP contribution in [0.2, 0.25) is 0 Å². The standard InChI is InChI=1S/C16H25BrOS/c1-4-10-16(12-17,11-5-2)13-19-15-8-6-14(18-3)7-9-15/h6-9H,4-5,10-13H2,1-3H3. The van der Waals surface area contributed by atoms with Gasteiger partial charge in [0.15, 0.2) is 0 Å². The molecule has 0 aromatic heterocycles. The molecule has 0 aliphatic carbocycles. The molecular formula is C16H25BrOS. The second-order valence-corrected chi connectivity index (χ2v) is 6.71. The topological polar surface area (TPSA) is 9.23 Å². The summed E-state index contributed by atoms with van der Waals surface area (Å²) >= 11 is 5.70. The van der Waals surface area contributed by atoms with Crippen molar-refractivity contribution in [3.63, 3.8) is 0 Å².